The molecule has 0 aliphatic carbocycles. The van der Waals surface area contributed by atoms with E-state index < -0.39 is 11.9 Å². The lowest BCUT2D eigenvalue weighted by molar-refractivity contribution is -0.141. The number of allylic oxidation sites excluding steroid dienone is 1. The largest absolute Gasteiger partial charge is 0.513 e. The van der Waals surface area contributed by atoms with Gasteiger partial charge in [-0.2, -0.15) is 0 Å². The quantitative estimate of drug-likeness (QED) is 0.448. The highest BCUT2D eigenvalue weighted by Crippen LogP contribution is 2.18. The van der Waals surface area contributed by atoms with Crippen LogP contribution < -0.4 is 0 Å². The van der Waals surface area contributed by atoms with Gasteiger partial charge in [0.05, 0.1) is 11.7 Å². The van der Waals surface area contributed by atoms with E-state index in [4.69, 9.17) is 10.2 Å². The van der Waals surface area contributed by atoms with Crippen LogP contribution in [-0.4, -0.2) is 40.1 Å². The zero-order chi connectivity index (χ0) is 20.3. The molecule has 1 amide bonds. The van der Waals surface area contributed by atoms with Crippen LogP contribution in [0, 0.1) is 5.92 Å². The highest BCUT2D eigenvalue weighted by Gasteiger charge is 2.33. The third-order valence-electron chi connectivity index (χ3n) is 3.35. The Bertz CT molecular complexity index is 339. The molecule has 0 spiro atoms. The number of aliphatic hydroxyl groups excluding tert-OH is 1. The molecule has 1 saturated heterocycles. The van der Waals surface area contributed by atoms with Crippen molar-refractivity contribution in [1.82, 2.24) is 4.90 Å². The second kappa shape index (κ2) is 20.5. The molecule has 0 radical (unpaired) electrons. The normalized spacial score (nSPS) is 15.0. The summed E-state index contributed by atoms with van der Waals surface area (Å²) in [5.41, 5.74) is 0. The average Bonchev–Trinajstić information content (AvgIpc) is 2.95. The standard InChI is InChI=1S/C13H23NO3.C3H6O.2C2H6/c1-2-3-4-5-6-7-8-14-10-11(13(16)17)9-12(14)15;1-3(2)4;2*1-2/h11H,2-10H2,1H3,(H,16,17);4H,1H2,2H3;2*1-2H3. The van der Waals surface area contributed by atoms with Crippen LogP contribution in [0.5, 0.6) is 0 Å². The number of unbranched alkanes of at least 4 members (excludes halogenated alkanes) is 5. The maximum atomic E-state index is 11.5. The molecular weight excluding hydrogens is 318 g/mol. The van der Waals surface area contributed by atoms with Crippen molar-refractivity contribution in [3.63, 3.8) is 0 Å². The van der Waals surface area contributed by atoms with E-state index in [1.807, 2.05) is 27.7 Å². The summed E-state index contributed by atoms with van der Waals surface area (Å²) in [6.45, 7) is 16.0. The predicted octanol–water partition coefficient (Wildman–Crippen LogP) is 5.41. The first-order valence-corrected chi connectivity index (χ1v) is 9.73. The van der Waals surface area contributed by atoms with Crippen molar-refractivity contribution < 1.29 is 19.8 Å². The third kappa shape index (κ3) is 18.7. The van der Waals surface area contributed by atoms with Crippen molar-refractivity contribution in [2.75, 3.05) is 13.1 Å². The summed E-state index contributed by atoms with van der Waals surface area (Å²) in [6.07, 6.45) is 7.34. The predicted molar refractivity (Wildman–Crippen MR) is 106 cm³/mol. The minimum Gasteiger partial charge on any atom is -0.513 e. The lowest BCUT2D eigenvalue weighted by Gasteiger charge is -2.15. The summed E-state index contributed by atoms with van der Waals surface area (Å²) in [6, 6.07) is 0. The van der Waals surface area contributed by atoms with Crippen LogP contribution in [0.4, 0.5) is 0 Å². The van der Waals surface area contributed by atoms with Crippen LogP contribution in [0.1, 0.15) is 86.5 Å². The molecule has 2 N–H and O–H groups in total. The fraction of sp³-hybridized carbons (Fsp3) is 0.800. The fourth-order valence-electron chi connectivity index (χ4n) is 2.24. The van der Waals surface area contributed by atoms with Crippen molar-refractivity contribution in [3.05, 3.63) is 12.3 Å². The molecule has 25 heavy (non-hydrogen) atoms. The molecule has 150 valence electrons. The second-order valence-electron chi connectivity index (χ2n) is 5.58. The van der Waals surface area contributed by atoms with Gasteiger partial charge in [0, 0.05) is 19.5 Å². The zero-order valence-corrected chi connectivity index (χ0v) is 17.3. The van der Waals surface area contributed by atoms with Gasteiger partial charge in [-0.25, -0.2) is 0 Å². The molecule has 1 fully saturated rings. The molecule has 0 bridgehead atoms. The molecule has 1 atom stereocenters. The van der Waals surface area contributed by atoms with Crippen LogP contribution in [0.3, 0.4) is 0 Å². The first kappa shape index (κ1) is 28.3. The Labute approximate surface area is 155 Å². The molecule has 1 rings (SSSR count). The van der Waals surface area contributed by atoms with Gasteiger partial charge >= 0.3 is 5.97 Å². The van der Waals surface area contributed by atoms with E-state index in [-0.39, 0.29) is 18.1 Å². The Morgan fingerprint density at radius 1 is 1.08 bits per heavy atom. The number of nitrogens with zero attached hydrogens (tertiary/aromatic N) is 1. The number of carbonyl (C=O) groups excluding carboxylic acids is 1. The van der Waals surface area contributed by atoms with Crippen LogP contribution >= 0.6 is 0 Å². The van der Waals surface area contributed by atoms with Gasteiger partial charge in [-0.05, 0) is 13.3 Å². The van der Waals surface area contributed by atoms with Gasteiger partial charge in [0.25, 0.3) is 0 Å². The van der Waals surface area contributed by atoms with E-state index in [0.29, 0.717) is 6.54 Å². The monoisotopic (exact) mass is 359 g/mol. The highest BCUT2D eigenvalue weighted by atomic mass is 16.4. The number of aliphatic hydroxyl groups is 1. The Balaban J connectivity index is -0.000000518. The number of carbonyl (C=O) groups is 2. The summed E-state index contributed by atoms with van der Waals surface area (Å²) >= 11 is 0. The van der Waals surface area contributed by atoms with Crippen LogP contribution in [0.15, 0.2) is 12.3 Å². The van der Waals surface area contributed by atoms with Gasteiger partial charge in [0.1, 0.15) is 0 Å². The zero-order valence-electron chi connectivity index (χ0n) is 17.3. The molecular formula is C20H41NO4. The van der Waals surface area contributed by atoms with Crippen molar-refractivity contribution in [2.45, 2.75) is 86.5 Å². The highest BCUT2D eigenvalue weighted by molar-refractivity contribution is 5.86. The van der Waals surface area contributed by atoms with Crippen molar-refractivity contribution in [3.8, 4) is 0 Å². The Kier molecular flexibility index (Phi) is 23.2. The minimum absolute atomic E-state index is 0.00552. The first-order chi connectivity index (χ1) is 11.9. The summed E-state index contributed by atoms with van der Waals surface area (Å²) in [7, 11) is 0. The Morgan fingerprint density at radius 3 is 1.92 bits per heavy atom. The smallest absolute Gasteiger partial charge is 0.308 e. The first-order valence-electron chi connectivity index (χ1n) is 9.73. The molecule has 5 nitrogen and oxygen atoms in total. The van der Waals surface area contributed by atoms with E-state index in [0.717, 1.165) is 19.4 Å². The molecule has 0 saturated carbocycles. The number of aliphatic carboxylic acids is 1. The summed E-state index contributed by atoms with van der Waals surface area (Å²) in [5, 5.41) is 16.7. The van der Waals surface area contributed by atoms with Crippen LogP contribution in [-0.2, 0) is 9.59 Å². The van der Waals surface area contributed by atoms with Gasteiger partial charge < -0.3 is 15.1 Å². The SMILES string of the molecule is C=C(C)O.CC.CC.CCCCCCCCN1CC(C(=O)O)CC1=O. The third-order valence-corrected chi connectivity index (χ3v) is 3.35. The van der Waals surface area contributed by atoms with Crippen molar-refractivity contribution >= 4 is 11.9 Å². The van der Waals surface area contributed by atoms with Gasteiger partial charge in [-0.15, -0.1) is 0 Å². The molecule has 0 aromatic heterocycles. The lowest BCUT2D eigenvalue weighted by Crippen LogP contribution is -2.27. The van der Waals surface area contributed by atoms with E-state index in [2.05, 4.69) is 13.5 Å². The van der Waals surface area contributed by atoms with E-state index in [1.165, 1.54) is 32.6 Å². The average molecular weight is 360 g/mol. The Morgan fingerprint density at radius 2 is 1.52 bits per heavy atom. The number of carboxylic acid groups (broad SMARTS) is 1. The number of likely N-dealkylation sites (tertiary alicyclic amines) is 1. The molecule has 0 aromatic carbocycles. The number of rotatable bonds is 8. The van der Waals surface area contributed by atoms with Crippen molar-refractivity contribution in [1.29, 1.82) is 0 Å². The van der Waals surface area contributed by atoms with Crippen molar-refractivity contribution in [2.24, 2.45) is 5.92 Å². The molecule has 1 heterocycles. The van der Waals surface area contributed by atoms with E-state index in [1.54, 1.807) is 4.90 Å². The van der Waals surface area contributed by atoms with Gasteiger partial charge in [0.2, 0.25) is 5.91 Å². The topological polar surface area (TPSA) is 77.8 Å². The van der Waals surface area contributed by atoms with Gasteiger partial charge in [-0.1, -0.05) is 73.3 Å². The summed E-state index contributed by atoms with van der Waals surface area (Å²) in [4.78, 5) is 24.0. The number of carboxylic acids is 1. The Hall–Kier alpha value is -1.52. The second-order valence-corrected chi connectivity index (χ2v) is 5.58. The lowest BCUT2D eigenvalue weighted by atomic mass is 10.1. The molecule has 1 unspecified atom stereocenters. The summed E-state index contributed by atoms with van der Waals surface area (Å²) < 4.78 is 0. The maximum Gasteiger partial charge on any atom is 0.308 e. The molecule has 1 aliphatic rings. The fourth-order valence-corrected chi connectivity index (χ4v) is 2.24. The van der Waals surface area contributed by atoms with Crippen LogP contribution in [0.2, 0.25) is 0 Å². The van der Waals surface area contributed by atoms with Gasteiger partial charge in [-0.3, -0.25) is 9.59 Å². The van der Waals surface area contributed by atoms with Gasteiger partial charge in [0.15, 0.2) is 0 Å². The molecule has 1 aliphatic heterocycles. The van der Waals surface area contributed by atoms with Crippen LogP contribution in [0.25, 0.3) is 0 Å². The number of amides is 1. The van der Waals surface area contributed by atoms with E-state index in [9.17, 15) is 9.59 Å². The molecule has 0 aromatic rings. The van der Waals surface area contributed by atoms with E-state index >= 15 is 0 Å². The summed E-state index contributed by atoms with van der Waals surface area (Å²) in [5.74, 6) is -1.16. The molecule has 5 heteroatoms. The number of hydrogen-bond acceptors (Lipinski definition) is 3. The number of hydrogen-bond donors (Lipinski definition) is 2. The maximum absolute atomic E-state index is 11.5. The minimum atomic E-state index is -0.844.